The third-order valence-electron chi connectivity index (χ3n) is 2.65. The molecule has 4 heteroatoms. The molecule has 0 unspecified atom stereocenters. The van der Waals surface area contributed by atoms with E-state index in [2.05, 4.69) is 10.1 Å². The van der Waals surface area contributed by atoms with E-state index in [0.29, 0.717) is 25.1 Å². The highest BCUT2D eigenvalue weighted by atomic mass is 16.5. The maximum atomic E-state index is 11.4. The van der Waals surface area contributed by atoms with E-state index in [4.69, 9.17) is 0 Å². The molecule has 0 saturated heterocycles. The van der Waals surface area contributed by atoms with Gasteiger partial charge in [-0.3, -0.25) is 4.79 Å². The first-order valence-electron chi connectivity index (χ1n) is 5.13. The summed E-state index contributed by atoms with van der Waals surface area (Å²) in [7, 11) is 1.36. The molecule has 16 heavy (non-hydrogen) atoms. The van der Waals surface area contributed by atoms with E-state index in [0.717, 1.165) is 11.1 Å². The number of fused-ring (bicyclic) bond motifs is 1. The lowest BCUT2D eigenvalue weighted by Crippen LogP contribution is -2.19. The van der Waals surface area contributed by atoms with E-state index in [1.807, 2.05) is 6.07 Å². The zero-order valence-corrected chi connectivity index (χ0v) is 9.08. The number of carbonyl (C=O) groups is 2. The molecule has 1 aromatic carbocycles. The number of ether oxygens (including phenoxy) is 1. The number of methoxy groups -OCH3 is 1. The largest absolute Gasteiger partial charge is 0.465 e. The molecule has 84 valence electrons. The number of ketones is 1. The van der Waals surface area contributed by atoms with Crippen molar-refractivity contribution < 1.29 is 14.3 Å². The molecule has 0 spiro atoms. The van der Waals surface area contributed by atoms with Crippen molar-refractivity contribution in [2.24, 2.45) is 0 Å². The fraction of sp³-hybridized carbons (Fsp3) is 0.333. The average Bonchev–Trinajstić information content (AvgIpc) is 2.47. The van der Waals surface area contributed by atoms with Gasteiger partial charge in [0.15, 0.2) is 5.78 Å². The summed E-state index contributed by atoms with van der Waals surface area (Å²) in [6.45, 7) is 1.01. The lowest BCUT2D eigenvalue weighted by Gasteiger charge is -2.06. The third kappa shape index (κ3) is 2.12. The first-order chi connectivity index (χ1) is 7.70. The standard InChI is InChI=1S/C12H13NO3/c1-16-12(15)9-3-2-8-5-11(14)7-13-6-10(8)4-9/h2-4,13H,5-7H2,1H3. The number of nitrogens with one attached hydrogen (secondary N) is 1. The molecule has 0 fully saturated rings. The van der Waals surface area contributed by atoms with Gasteiger partial charge in [-0.2, -0.15) is 0 Å². The van der Waals surface area contributed by atoms with Crippen molar-refractivity contribution in [1.29, 1.82) is 0 Å². The number of Topliss-reactive ketones (excluding diaryl/α,β-unsaturated/α-hetero) is 1. The van der Waals surface area contributed by atoms with Crippen molar-refractivity contribution in [2.75, 3.05) is 13.7 Å². The van der Waals surface area contributed by atoms with Crippen molar-refractivity contribution in [2.45, 2.75) is 13.0 Å². The zero-order chi connectivity index (χ0) is 11.5. The van der Waals surface area contributed by atoms with Crippen molar-refractivity contribution in [3.05, 3.63) is 34.9 Å². The minimum atomic E-state index is -0.349. The molecule has 0 aliphatic carbocycles. The maximum Gasteiger partial charge on any atom is 0.337 e. The van der Waals surface area contributed by atoms with E-state index < -0.39 is 0 Å². The van der Waals surface area contributed by atoms with E-state index in [1.165, 1.54) is 7.11 Å². The van der Waals surface area contributed by atoms with Crippen molar-refractivity contribution in [3.63, 3.8) is 0 Å². The molecule has 0 saturated carbocycles. The summed E-state index contributed by atoms with van der Waals surface area (Å²) in [6, 6.07) is 5.31. The van der Waals surface area contributed by atoms with Crippen LogP contribution in [0.3, 0.4) is 0 Å². The second-order valence-corrected chi connectivity index (χ2v) is 3.79. The molecule has 0 aromatic heterocycles. The molecule has 1 N–H and O–H groups in total. The van der Waals surface area contributed by atoms with Crippen molar-refractivity contribution in [1.82, 2.24) is 5.32 Å². The van der Waals surface area contributed by atoms with Crippen LogP contribution in [0.2, 0.25) is 0 Å². The fourth-order valence-electron chi connectivity index (χ4n) is 1.82. The number of benzene rings is 1. The lowest BCUT2D eigenvalue weighted by molar-refractivity contribution is -0.117. The van der Waals surface area contributed by atoms with E-state index in [1.54, 1.807) is 12.1 Å². The van der Waals surface area contributed by atoms with Crippen LogP contribution < -0.4 is 5.32 Å². The zero-order valence-electron chi connectivity index (χ0n) is 9.08. The van der Waals surface area contributed by atoms with E-state index in [9.17, 15) is 9.59 Å². The molecular weight excluding hydrogens is 206 g/mol. The Morgan fingerprint density at radius 1 is 1.31 bits per heavy atom. The SMILES string of the molecule is COC(=O)c1ccc2c(c1)CNCC(=O)C2. The van der Waals surface area contributed by atoms with Gasteiger partial charge in [0.05, 0.1) is 19.2 Å². The van der Waals surface area contributed by atoms with E-state index in [-0.39, 0.29) is 11.8 Å². The van der Waals surface area contributed by atoms with Crippen LogP contribution in [0.4, 0.5) is 0 Å². The molecule has 1 aromatic rings. The summed E-state index contributed by atoms with van der Waals surface area (Å²) in [4.78, 5) is 22.7. The molecule has 0 amide bonds. The number of hydrogen-bond donors (Lipinski definition) is 1. The van der Waals surface area contributed by atoms with Gasteiger partial charge in [-0.25, -0.2) is 4.79 Å². The highest BCUT2D eigenvalue weighted by Gasteiger charge is 2.15. The monoisotopic (exact) mass is 219 g/mol. The first kappa shape index (κ1) is 10.8. The summed E-state index contributed by atoms with van der Waals surface area (Å²) in [5.41, 5.74) is 2.51. The number of rotatable bonds is 1. The smallest absolute Gasteiger partial charge is 0.337 e. The molecule has 1 heterocycles. The quantitative estimate of drug-likeness (QED) is 0.706. The van der Waals surface area contributed by atoms with Crippen LogP contribution >= 0.6 is 0 Å². The fourth-order valence-corrected chi connectivity index (χ4v) is 1.82. The predicted molar refractivity (Wildman–Crippen MR) is 58.2 cm³/mol. The third-order valence-corrected chi connectivity index (χ3v) is 2.65. The Bertz CT molecular complexity index is 440. The maximum absolute atomic E-state index is 11.4. The second-order valence-electron chi connectivity index (χ2n) is 3.79. The summed E-state index contributed by atoms with van der Waals surface area (Å²) in [5, 5.41) is 3.04. The molecular formula is C12H13NO3. The molecule has 1 aliphatic rings. The van der Waals surface area contributed by atoms with Crippen LogP contribution in [-0.4, -0.2) is 25.4 Å². The van der Waals surface area contributed by atoms with Crippen LogP contribution in [0.15, 0.2) is 18.2 Å². The van der Waals surface area contributed by atoms with Gasteiger partial charge in [0.2, 0.25) is 0 Å². The number of carbonyl (C=O) groups excluding carboxylic acids is 2. The van der Waals surface area contributed by atoms with Crippen molar-refractivity contribution >= 4 is 11.8 Å². The molecule has 0 radical (unpaired) electrons. The topological polar surface area (TPSA) is 55.4 Å². The van der Waals surface area contributed by atoms with Crippen LogP contribution in [0.1, 0.15) is 21.5 Å². The van der Waals surface area contributed by atoms with Gasteiger partial charge in [-0.15, -0.1) is 0 Å². The van der Waals surface area contributed by atoms with Gasteiger partial charge in [0, 0.05) is 13.0 Å². The van der Waals surface area contributed by atoms with E-state index >= 15 is 0 Å². The minimum absolute atomic E-state index is 0.171. The summed E-state index contributed by atoms with van der Waals surface area (Å²) in [6.07, 6.45) is 0.434. The van der Waals surface area contributed by atoms with Gasteiger partial charge < -0.3 is 10.1 Å². The van der Waals surface area contributed by atoms with Crippen LogP contribution in [0, 0.1) is 0 Å². The Morgan fingerprint density at radius 3 is 2.88 bits per heavy atom. The number of esters is 1. The summed E-state index contributed by atoms with van der Waals surface area (Å²) >= 11 is 0. The summed E-state index contributed by atoms with van der Waals surface area (Å²) < 4.78 is 4.65. The first-order valence-corrected chi connectivity index (χ1v) is 5.13. The van der Waals surface area contributed by atoms with Gasteiger partial charge in [-0.05, 0) is 23.3 Å². The average molecular weight is 219 g/mol. The van der Waals surface area contributed by atoms with Crippen molar-refractivity contribution in [3.8, 4) is 0 Å². The Hall–Kier alpha value is -1.68. The Kier molecular flexibility index (Phi) is 3.01. The van der Waals surface area contributed by atoms with Gasteiger partial charge in [0.1, 0.15) is 0 Å². The van der Waals surface area contributed by atoms with Crippen LogP contribution in [0.5, 0.6) is 0 Å². The molecule has 2 rings (SSSR count). The Morgan fingerprint density at radius 2 is 2.12 bits per heavy atom. The second kappa shape index (κ2) is 4.45. The lowest BCUT2D eigenvalue weighted by atomic mass is 10.0. The minimum Gasteiger partial charge on any atom is -0.465 e. The predicted octanol–water partition coefficient (Wildman–Crippen LogP) is 0.688. The Balaban J connectivity index is 2.35. The van der Waals surface area contributed by atoms with Crippen LogP contribution in [-0.2, 0) is 22.5 Å². The molecule has 0 atom stereocenters. The molecule has 0 bridgehead atoms. The van der Waals surface area contributed by atoms with Gasteiger partial charge in [0.25, 0.3) is 0 Å². The highest BCUT2D eigenvalue weighted by Crippen LogP contribution is 2.15. The Labute approximate surface area is 93.6 Å². The summed E-state index contributed by atoms with van der Waals surface area (Å²) in [5.74, 6) is -0.178. The van der Waals surface area contributed by atoms with Crippen LogP contribution in [0.25, 0.3) is 0 Å². The van der Waals surface area contributed by atoms with Gasteiger partial charge in [-0.1, -0.05) is 6.07 Å². The normalized spacial score (nSPS) is 15.2. The molecule has 1 aliphatic heterocycles. The highest BCUT2D eigenvalue weighted by molar-refractivity contribution is 5.90. The van der Waals surface area contributed by atoms with Gasteiger partial charge >= 0.3 is 5.97 Å². The molecule has 4 nitrogen and oxygen atoms in total. The number of hydrogen-bond acceptors (Lipinski definition) is 4.